The average Bonchev–Trinajstić information content (AvgIpc) is 2.66. The summed E-state index contributed by atoms with van der Waals surface area (Å²) in [6, 6.07) is 9.52. The second-order valence-corrected chi connectivity index (χ2v) is 6.68. The van der Waals surface area contributed by atoms with Crippen molar-refractivity contribution < 1.29 is 9.72 Å². The molecule has 3 rings (SSSR count). The van der Waals surface area contributed by atoms with Crippen molar-refractivity contribution in [3.05, 3.63) is 68.8 Å². The van der Waals surface area contributed by atoms with E-state index in [0.717, 1.165) is 5.56 Å². The Labute approximate surface area is 165 Å². The van der Waals surface area contributed by atoms with Crippen LogP contribution < -0.4 is 21.5 Å². The largest absolute Gasteiger partial charge is 0.375 e. The van der Waals surface area contributed by atoms with E-state index in [9.17, 15) is 19.7 Å². The lowest BCUT2D eigenvalue weighted by atomic mass is 10.1. The Kier molecular flexibility index (Phi) is 5.72. The van der Waals surface area contributed by atoms with E-state index < -0.39 is 10.5 Å². The van der Waals surface area contributed by atoms with Crippen LogP contribution in [0.2, 0.25) is 0 Å². The summed E-state index contributed by atoms with van der Waals surface area (Å²) in [4.78, 5) is 40.9. The lowest BCUT2D eigenvalue weighted by Gasteiger charge is -2.11. The fourth-order valence-electron chi connectivity index (χ4n) is 2.73. The van der Waals surface area contributed by atoms with Crippen molar-refractivity contribution in [3.63, 3.8) is 0 Å². The van der Waals surface area contributed by atoms with E-state index in [-0.39, 0.29) is 28.8 Å². The van der Waals surface area contributed by atoms with Crippen molar-refractivity contribution in [3.8, 4) is 0 Å². The quantitative estimate of drug-likeness (QED) is 0.373. The van der Waals surface area contributed by atoms with E-state index >= 15 is 0 Å². The lowest BCUT2D eigenvalue weighted by Crippen LogP contribution is -2.34. The van der Waals surface area contributed by atoms with Crippen molar-refractivity contribution in [2.75, 3.05) is 10.6 Å². The Bertz CT molecular complexity index is 1110. The molecule has 2 amide bonds. The van der Waals surface area contributed by atoms with Gasteiger partial charge in [0.15, 0.2) is 0 Å². The summed E-state index contributed by atoms with van der Waals surface area (Å²) >= 11 is 0. The first-order valence-electron chi connectivity index (χ1n) is 8.89. The summed E-state index contributed by atoms with van der Waals surface area (Å²) in [6.07, 6.45) is 1.25. The highest BCUT2D eigenvalue weighted by molar-refractivity contribution is 5.89. The molecule has 1 heterocycles. The Hall–Kier alpha value is -3.95. The van der Waals surface area contributed by atoms with Crippen molar-refractivity contribution in [1.29, 1.82) is 0 Å². The van der Waals surface area contributed by atoms with Gasteiger partial charge in [-0.05, 0) is 37.6 Å². The van der Waals surface area contributed by atoms with Gasteiger partial charge in [-0.3, -0.25) is 14.9 Å². The van der Waals surface area contributed by atoms with Crippen LogP contribution >= 0.6 is 0 Å². The number of urea groups is 1. The van der Waals surface area contributed by atoms with Gasteiger partial charge in [-0.15, -0.1) is 0 Å². The van der Waals surface area contributed by atoms with E-state index in [1.165, 1.54) is 18.5 Å². The number of hydrogen-bond acceptors (Lipinski definition) is 6. The van der Waals surface area contributed by atoms with Crippen LogP contribution in [0.15, 0.2) is 47.5 Å². The first-order valence-corrected chi connectivity index (χ1v) is 8.89. The van der Waals surface area contributed by atoms with E-state index in [2.05, 4.69) is 25.9 Å². The lowest BCUT2D eigenvalue weighted by molar-refractivity contribution is -0.383. The van der Waals surface area contributed by atoms with Gasteiger partial charge in [0.1, 0.15) is 5.69 Å². The molecule has 3 aromatic rings. The summed E-state index contributed by atoms with van der Waals surface area (Å²) in [5.74, 6) is 0. The van der Waals surface area contributed by atoms with E-state index in [0.29, 0.717) is 17.7 Å². The van der Waals surface area contributed by atoms with Crippen molar-refractivity contribution in [2.45, 2.75) is 26.4 Å². The van der Waals surface area contributed by atoms with E-state index in [1.54, 1.807) is 24.3 Å². The van der Waals surface area contributed by atoms with Crippen LogP contribution in [0, 0.1) is 10.1 Å². The zero-order valence-electron chi connectivity index (χ0n) is 15.9. The summed E-state index contributed by atoms with van der Waals surface area (Å²) in [5, 5.41) is 20.0. The number of aromatic nitrogens is 2. The second kappa shape index (κ2) is 8.38. The van der Waals surface area contributed by atoms with Crippen LogP contribution in [0.5, 0.6) is 0 Å². The van der Waals surface area contributed by atoms with Crippen LogP contribution in [0.3, 0.4) is 0 Å². The minimum Gasteiger partial charge on any atom is -0.375 e. The van der Waals surface area contributed by atoms with Crippen LogP contribution in [0.4, 0.5) is 21.9 Å². The van der Waals surface area contributed by atoms with Crippen LogP contribution in [-0.2, 0) is 6.54 Å². The molecule has 0 saturated carbocycles. The molecule has 0 aliphatic carbocycles. The van der Waals surface area contributed by atoms with Gasteiger partial charge in [-0.25, -0.2) is 9.78 Å². The minimum absolute atomic E-state index is 0.0290. The molecule has 0 radical (unpaired) electrons. The predicted molar refractivity (Wildman–Crippen MR) is 110 cm³/mol. The number of carbonyl (C=O) groups is 1. The molecular formula is C19H20N6O4. The van der Waals surface area contributed by atoms with E-state index in [4.69, 9.17) is 0 Å². The van der Waals surface area contributed by atoms with Gasteiger partial charge >= 0.3 is 6.03 Å². The molecule has 10 heteroatoms. The Morgan fingerprint density at radius 3 is 2.62 bits per heavy atom. The van der Waals surface area contributed by atoms with E-state index in [1.807, 2.05) is 13.8 Å². The number of nitrogens with zero attached hydrogens (tertiary/aromatic N) is 2. The molecule has 0 spiro atoms. The number of nitrogens with one attached hydrogen (secondary N) is 4. The molecule has 0 fully saturated rings. The van der Waals surface area contributed by atoms with Crippen molar-refractivity contribution in [1.82, 2.24) is 15.3 Å². The molecule has 0 unspecified atom stereocenters. The molecular weight excluding hydrogens is 376 g/mol. The second-order valence-electron chi connectivity index (χ2n) is 6.68. The Balaban J connectivity index is 1.75. The van der Waals surface area contributed by atoms with Gasteiger partial charge in [0.05, 0.1) is 22.2 Å². The van der Waals surface area contributed by atoms with Crippen LogP contribution in [0.25, 0.3) is 10.9 Å². The smallest absolute Gasteiger partial charge is 0.319 e. The number of benzene rings is 2. The topological polar surface area (TPSA) is 142 Å². The Morgan fingerprint density at radius 1 is 1.24 bits per heavy atom. The summed E-state index contributed by atoms with van der Waals surface area (Å²) in [7, 11) is 0. The SMILES string of the molecule is CC(C)NC(=O)Nc1ccc(CNc2cc3nc[nH]c(=O)c3cc2[N+](=O)[O-])cc1. The molecule has 150 valence electrons. The van der Waals surface area contributed by atoms with Gasteiger partial charge in [-0.1, -0.05) is 12.1 Å². The van der Waals surface area contributed by atoms with Gasteiger partial charge < -0.3 is 20.9 Å². The minimum atomic E-state index is -0.547. The summed E-state index contributed by atoms with van der Waals surface area (Å²) in [5.41, 5.74) is 1.46. The third-order valence-electron chi connectivity index (χ3n) is 4.07. The number of aromatic amines is 1. The fraction of sp³-hybridized carbons (Fsp3) is 0.211. The number of carbonyl (C=O) groups excluding carboxylic acids is 1. The predicted octanol–water partition coefficient (Wildman–Crippen LogP) is 2.97. The monoisotopic (exact) mass is 396 g/mol. The maximum absolute atomic E-state index is 11.8. The standard InChI is InChI=1S/C19H20N6O4/c1-11(2)23-19(27)24-13-5-3-12(4-6-13)9-20-16-8-15-14(7-17(16)25(28)29)18(26)22-10-21-15/h3-8,10-11,20H,9H2,1-2H3,(H,21,22,26)(H2,23,24,27). The molecule has 2 aromatic carbocycles. The molecule has 10 nitrogen and oxygen atoms in total. The normalized spacial score (nSPS) is 10.7. The molecule has 0 atom stereocenters. The highest BCUT2D eigenvalue weighted by Gasteiger charge is 2.17. The third-order valence-corrected chi connectivity index (χ3v) is 4.07. The first kappa shape index (κ1) is 19.8. The fourth-order valence-corrected chi connectivity index (χ4v) is 2.73. The highest BCUT2D eigenvalue weighted by Crippen LogP contribution is 2.28. The molecule has 0 aliphatic heterocycles. The van der Waals surface area contributed by atoms with Gasteiger partial charge in [-0.2, -0.15) is 0 Å². The zero-order chi connectivity index (χ0) is 21.0. The molecule has 0 saturated heterocycles. The number of nitro benzene ring substituents is 1. The summed E-state index contributed by atoms with van der Waals surface area (Å²) in [6.45, 7) is 4.05. The maximum atomic E-state index is 11.8. The summed E-state index contributed by atoms with van der Waals surface area (Å²) < 4.78 is 0. The number of amides is 2. The van der Waals surface area contributed by atoms with Gasteiger partial charge in [0, 0.05) is 24.3 Å². The average molecular weight is 396 g/mol. The highest BCUT2D eigenvalue weighted by atomic mass is 16.6. The van der Waals surface area contributed by atoms with Gasteiger partial charge in [0.25, 0.3) is 11.2 Å². The van der Waals surface area contributed by atoms with Crippen LogP contribution in [-0.4, -0.2) is 27.0 Å². The Morgan fingerprint density at radius 2 is 1.97 bits per heavy atom. The number of hydrogen-bond donors (Lipinski definition) is 4. The third kappa shape index (κ3) is 4.86. The van der Waals surface area contributed by atoms with Crippen LogP contribution in [0.1, 0.15) is 19.4 Å². The van der Waals surface area contributed by atoms with Gasteiger partial charge in [0.2, 0.25) is 0 Å². The maximum Gasteiger partial charge on any atom is 0.319 e. The first-order chi connectivity index (χ1) is 13.8. The number of nitro groups is 1. The molecule has 1 aromatic heterocycles. The molecule has 0 bridgehead atoms. The molecule has 0 aliphatic rings. The number of H-pyrrole nitrogens is 1. The van der Waals surface area contributed by atoms with Crippen molar-refractivity contribution >= 4 is 34.0 Å². The van der Waals surface area contributed by atoms with Crippen molar-refractivity contribution in [2.24, 2.45) is 0 Å². The number of anilines is 2. The zero-order valence-corrected chi connectivity index (χ0v) is 15.9. The molecule has 29 heavy (non-hydrogen) atoms. The number of fused-ring (bicyclic) bond motifs is 1. The number of rotatable bonds is 6. The molecule has 4 N–H and O–H groups in total.